The zero-order chi connectivity index (χ0) is 16.2. The van der Waals surface area contributed by atoms with Gasteiger partial charge in [0.2, 0.25) is 5.91 Å². The first-order chi connectivity index (χ1) is 11.1. The van der Waals surface area contributed by atoms with Gasteiger partial charge >= 0.3 is 0 Å². The summed E-state index contributed by atoms with van der Waals surface area (Å²) in [6.45, 7) is 5.22. The highest BCUT2D eigenvalue weighted by Gasteiger charge is 2.18. The summed E-state index contributed by atoms with van der Waals surface area (Å²) in [6.07, 6.45) is 0.325. The van der Waals surface area contributed by atoms with Crippen molar-refractivity contribution in [2.24, 2.45) is 0 Å². The molecule has 23 heavy (non-hydrogen) atoms. The number of benzene rings is 1. The molecule has 1 amide bonds. The van der Waals surface area contributed by atoms with Gasteiger partial charge in [0.05, 0.1) is 25.3 Å². The lowest BCUT2D eigenvalue weighted by molar-refractivity contribution is -0.117. The highest BCUT2D eigenvalue weighted by molar-refractivity contribution is 7.13. The van der Waals surface area contributed by atoms with Crippen LogP contribution in [0.4, 0.5) is 10.8 Å². The van der Waals surface area contributed by atoms with Crippen molar-refractivity contribution in [2.75, 3.05) is 43.2 Å². The summed E-state index contributed by atoms with van der Waals surface area (Å²) in [4.78, 5) is 21.0. The van der Waals surface area contributed by atoms with Gasteiger partial charge in [0.25, 0.3) is 0 Å². The number of aryl methyl sites for hydroxylation is 1. The van der Waals surface area contributed by atoms with Crippen molar-refractivity contribution in [3.63, 3.8) is 0 Å². The molecular formula is C17H21N3O2S. The first kappa shape index (κ1) is 16.0. The highest BCUT2D eigenvalue weighted by atomic mass is 32.1. The molecule has 0 radical (unpaired) electrons. The Hall–Kier alpha value is -1.92. The SMILES string of the molecule is Cc1ccccc1N(C)C(=O)Cc1csc(N2CCOCC2)n1. The lowest BCUT2D eigenvalue weighted by Crippen LogP contribution is -2.36. The van der Waals surface area contributed by atoms with Gasteiger partial charge in [0, 0.05) is 31.2 Å². The van der Waals surface area contributed by atoms with Crippen LogP contribution in [0.1, 0.15) is 11.3 Å². The van der Waals surface area contributed by atoms with E-state index < -0.39 is 0 Å². The number of rotatable bonds is 4. The zero-order valence-electron chi connectivity index (χ0n) is 13.5. The standard InChI is InChI=1S/C17H21N3O2S/c1-13-5-3-4-6-15(13)19(2)16(21)11-14-12-23-17(18-14)20-7-9-22-10-8-20/h3-6,12H,7-11H2,1-2H3. The van der Waals surface area contributed by atoms with Gasteiger partial charge < -0.3 is 14.5 Å². The van der Waals surface area contributed by atoms with Crippen LogP contribution >= 0.6 is 11.3 Å². The number of ether oxygens (including phenoxy) is 1. The highest BCUT2D eigenvalue weighted by Crippen LogP contribution is 2.23. The Morgan fingerprint density at radius 1 is 1.35 bits per heavy atom. The molecule has 122 valence electrons. The molecular weight excluding hydrogens is 310 g/mol. The normalized spacial score (nSPS) is 14.8. The second kappa shape index (κ2) is 7.10. The van der Waals surface area contributed by atoms with Crippen LogP contribution in [-0.2, 0) is 16.0 Å². The van der Waals surface area contributed by atoms with Gasteiger partial charge in [-0.2, -0.15) is 0 Å². The molecule has 2 aromatic rings. The quantitative estimate of drug-likeness (QED) is 0.863. The van der Waals surface area contributed by atoms with Crippen molar-refractivity contribution in [3.8, 4) is 0 Å². The Labute approximate surface area is 140 Å². The van der Waals surface area contributed by atoms with E-state index in [0.717, 1.165) is 48.4 Å². The minimum atomic E-state index is 0.0538. The summed E-state index contributed by atoms with van der Waals surface area (Å²) in [7, 11) is 1.82. The molecule has 1 aromatic carbocycles. The summed E-state index contributed by atoms with van der Waals surface area (Å²) < 4.78 is 5.36. The number of carbonyl (C=O) groups is 1. The van der Waals surface area contributed by atoms with E-state index in [1.165, 1.54) is 0 Å². The zero-order valence-corrected chi connectivity index (χ0v) is 14.3. The molecule has 2 heterocycles. The summed E-state index contributed by atoms with van der Waals surface area (Å²) in [6, 6.07) is 7.91. The van der Waals surface area contributed by atoms with E-state index in [2.05, 4.69) is 9.88 Å². The molecule has 5 nitrogen and oxygen atoms in total. The third-order valence-electron chi connectivity index (χ3n) is 4.00. The van der Waals surface area contributed by atoms with Crippen LogP contribution in [0.15, 0.2) is 29.6 Å². The van der Waals surface area contributed by atoms with E-state index in [4.69, 9.17) is 4.74 Å². The van der Waals surface area contributed by atoms with Crippen LogP contribution in [0, 0.1) is 6.92 Å². The number of hydrogen-bond donors (Lipinski definition) is 0. The van der Waals surface area contributed by atoms with Gasteiger partial charge in [0.1, 0.15) is 0 Å². The van der Waals surface area contributed by atoms with E-state index in [-0.39, 0.29) is 5.91 Å². The number of amides is 1. The summed E-state index contributed by atoms with van der Waals surface area (Å²) >= 11 is 1.60. The number of hydrogen-bond acceptors (Lipinski definition) is 5. The molecule has 0 saturated carbocycles. The summed E-state index contributed by atoms with van der Waals surface area (Å²) in [5, 5.41) is 2.96. The van der Waals surface area contributed by atoms with E-state index in [0.29, 0.717) is 6.42 Å². The summed E-state index contributed by atoms with van der Waals surface area (Å²) in [5.41, 5.74) is 2.87. The van der Waals surface area contributed by atoms with Crippen molar-refractivity contribution in [3.05, 3.63) is 40.9 Å². The van der Waals surface area contributed by atoms with Crippen LogP contribution in [-0.4, -0.2) is 44.2 Å². The van der Waals surface area contributed by atoms with Crippen LogP contribution < -0.4 is 9.80 Å². The fourth-order valence-electron chi connectivity index (χ4n) is 2.62. The maximum Gasteiger partial charge on any atom is 0.232 e. The molecule has 0 atom stereocenters. The lowest BCUT2D eigenvalue weighted by atomic mass is 10.2. The molecule has 0 bridgehead atoms. The largest absolute Gasteiger partial charge is 0.378 e. The number of morpholine rings is 1. The average Bonchev–Trinajstić information content (AvgIpc) is 3.04. The fourth-order valence-corrected chi connectivity index (χ4v) is 3.50. The van der Waals surface area contributed by atoms with Crippen molar-refractivity contribution >= 4 is 28.1 Å². The monoisotopic (exact) mass is 331 g/mol. The Bertz CT molecular complexity index is 680. The van der Waals surface area contributed by atoms with E-state index >= 15 is 0 Å². The molecule has 1 fully saturated rings. The Morgan fingerprint density at radius 2 is 2.09 bits per heavy atom. The maximum atomic E-state index is 12.5. The predicted molar refractivity (Wildman–Crippen MR) is 93.4 cm³/mol. The number of para-hydroxylation sites is 1. The number of carbonyl (C=O) groups excluding carboxylic acids is 1. The van der Waals surface area contributed by atoms with Crippen molar-refractivity contribution in [1.82, 2.24) is 4.98 Å². The van der Waals surface area contributed by atoms with Crippen LogP contribution in [0.25, 0.3) is 0 Å². The van der Waals surface area contributed by atoms with Gasteiger partial charge in [-0.25, -0.2) is 4.98 Å². The van der Waals surface area contributed by atoms with Crippen LogP contribution in [0.5, 0.6) is 0 Å². The maximum absolute atomic E-state index is 12.5. The van der Waals surface area contributed by atoms with Crippen molar-refractivity contribution in [2.45, 2.75) is 13.3 Å². The Balaban J connectivity index is 1.66. The van der Waals surface area contributed by atoms with E-state index in [1.54, 1.807) is 16.2 Å². The van der Waals surface area contributed by atoms with Crippen LogP contribution in [0.3, 0.4) is 0 Å². The molecule has 0 N–H and O–H groups in total. The Kier molecular flexibility index (Phi) is 4.93. The second-order valence-corrected chi connectivity index (χ2v) is 6.47. The first-order valence-electron chi connectivity index (χ1n) is 7.74. The minimum absolute atomic E-state index is 0.0538. The number of thiazole rings is 1. The number of aromatic nitrogens is 1. The summed E-state index contributed by atoms with van der Waals surface area (Å²) in [5.74, 6) is 0.0538. The van der Waals surface area contributed by atoms with Gasteiger partial charge in [-0.1, -0.05) is 18.2 Å². The fraction of sp³-hybridized carbons (Fsp3) is 0.412. The molecule has 0 aliphatic carbocycles. The topological polar surface area (TPSA) is 45.7 Å². The molecule has 3 rings (SSSR count). The number of anilines is 2. The smallest absolute Gasteiger partial charge is 0.232 e. The number of likely N-dealkylation sites (N-methyl/N-ethyl adjacent to an activating group) is 1. The van der Waals surface area contributed by atoms with Crippen LogP contribution in [0.2, 0.25) is 0 Å². The van der Waals surface area contributed by atoms with Gasteiger partial charge in [-0.3, -0.25) is 4.79 Å². The van der Waals surface area contributed by atoms with E-state index in [9.17, 15) is 4.79 Å². The second-order valence-electron chi connectivity index (χ2n) is 5.64. The Morgan fingerprint density at radius 3 is 2.83 bits per heavy atom. The molecule has 1 aliphatic rings. The van der Waals surface area contributed by atoms with E-state index in [1.807, 2.05) is 43.6 Å². The van der Waals surface area contributed by atoms with Gasteiger partial charge in [-0.15, -0.1) is 11.3 Å². The van der Waals surface area contributed by atoms with Crippen molar-refractivity contribution < 1.29 is 9.53 Å². The van der Waals surface area contributed by atoms with Crippen molar-refractivity contribution in [1.29, 1.82) is 0 Å². The molecule has 1 saturated heterocycles. The lowest BCUT2D eigenvalue weighted by Gasteiger charge is -2.26. The van der Waals surface area contributed by atoms with Gasteiger partial charge in [0.15, 0.2) is 5.13 Å². The molecule has 0 unspecified atom stereocenters. The molecule has 0 spiro atoms. The number of nitrogens with zero attached hydrogens (tertiary/aromatic N) is 3. The predicted octanol–water partition coefficient (Wildman–Crippen LogP) is 2.49. The molecule has 6 heteroatoms. The third kappa shape index (κ3) is 3.71. The average molecular weight is 331 g/mol. The third-order valence-corrected chi connectivity index (χ3v) is 4.95. The molecule has 1 aromatic heterocycles. The first-order valence-corrected chi connectivity index (χ1v) is 8.62. The minimum Gasteiger partial charge on any atom is -0.378 e. The van der Waals surface area contributed by atoms with Gasteiger partial charge in [-0.05, 0) is 18.6 Å². The molecule has 1 aliphatic heterocycles.